The van der Waals surface area contributed by atoms with Gasteiger partial charge in [0.25, 0.3) is 5.56 Å². The number of nitrogens with one attached hydrogen (secondary N) is 3. The minimum Gasteiger partial charge on any atom is -0.386 e. The van der Waals surface area contributed by atoms with E-state index in [0.717, 1.165) is 33.6 Å². The summed E-state index contributed by atoms with van der Waals surface area (Å²) < 4.78 is 63.5. The van der Waals surface area contributed by atoms with Crippen molar-refractivity contribution >= 4 is 91.7 Å². The van der Waals surface area contributed by atoms with Crippen LogP contribution in [-0.2, 0) is 57.2 Å². The fraction of sp³-hybridized carbons (Fsp3) is 0.571. The molecule has 1 saturated heterocycles. The number of anilines is 1. The number of aliphatic hydroxyl groups is 2. The van der Waals surface area contributed by atoms with Gasteiger partial charge in [-0.1, -0.05) is 25.6 Å². The SMILES string of the molecule is CC(C)(COP(=O)(O)OP(=O)(O)OCC1OC(n2cnc3c(N)ncnc32)C(O)C1OP(=O)(O)O)C(O)C(=O)NCCC(=O)NCCSC(=O)C(N)Cn1cc(I)c(=O)[nH]c1=O. The molecule has 0 aromatic carbocycles. The molecule has 0 bridgehead atoms. The number of carbonyl (C=O) groups excluding carboxylic acids is 3. The summed E-state index contributed by atoms with van der Waals surface area (Å²) in [5, 5.41) is 25.8. The number of aliphatic hydroxyl groups excluding tert-OH is 2. The molecule has 3 aromatic heterocycles. The van der Waals surface area contributed by atoms with Gasteiger partial charge in [0, 0.05) is 36.9 Å². The second kappa shape index (κ2) is 21.3. The molecule has 8 atom stereocenters. The number of nitrogens with zero attached hydrogens (tertiary/aromatic N) is 5. The monoisotopic (exact) mass is 1070 g/mol. The van der Waals surface area contributed by atoms with Crippen LogP contribution in [0.4, 0.5) is 5.82 Å². The predicted molar refractivity (Wildman–Crippen MR) is 219 cm³/mol. The van der Waals surface area contributed by atoms with Crippen molar-refractivity contribution in [1.29, 1.82) is 0 Å². The van der Waals surface area contributed by atoms with Crippen LogP contribution in [-0.4, -0.2) is 138 Å². The van der Waals surface area contributed by atoms with Gasteiger partial charge in [-0.05, 0) is 22.6 Å². The highest BCUT2D eigenvalue weighted by molar-refractivity contribution is 14.1. The summed E-state index contributed by atoms with van der Waals surface area (Å²) >= 11 is 2.52. The number of imidazole rings is 1. The second-order valence-electron chi connectivity index (χ2n) is 13.7. The van der Waals surface area contributed by atoms with E-state index in [-0.39, 0.29) is 52.4 Å². The summed E-state index contributed by atoms with van der Waals surface area (Å²) in [4.78, 5) is 114. The fourth-order valence-corrected chi connectivity index (χ4v) is 9.29. The van der Waals surface area contributed by atoms with Crippen molar-refractivity contribution < 1.29 is 80.5 Å². The number of hydrogen-bond acceptors (Lipinski definition) is 21. The van der Waals surface area contributed by atoms with Crippen LogP contribution in [0, 0.1) is 8.99 Å². The maximum atomic E-state index is 12.7. The Bertz CT molecular complexity index is 2380. The van der Waals surface area contributed by atoms with Gasteiger partial charge in [-0.25, -0.2) is 33.4 Å². The van der Waals surface area contributed by atoms with E-state index in [2.05, 4.69) is 39.4 Å². The van der Waals surface area contributed by atoms with Crippen molar-refractivity contribution in [2.75, 3.05) is 37.8 Å². The molecule has 346 valence electrons. The Morgan fingerprint density at radius 2 is 1.76 bits per heavy atom. The molecule has 3 aromatic rings. The van der Waals surface area contributed by atoms with Crippen molar-refractivity contribution in [3.63, 3.8) is 0 Å². The average Bonchev–Trinajstić information content (AvgIpc) is 3.73. The van der Waals surface area contributed by atoms with Crippen molar-refractivity contribution in [3.8, 4) is 0 Å². The van der Waals surface area contributed by atoms with Crippen LogP contribution in [0.3, 0.4) is 0 Å². The molecule has 1 aliphatic heterocycles. The van der Waals surface area contributed by atoms with E-state index < -0.39 is 107 Å². The molecular weight excluding hydrogens is 1030 g/mol. The van der Waals surface area contributed by atoms with E-state index in [1.54, 1.807) is 22.6 Å². The van der Waals surface area contributed by atoms with E-state index >= 15 is 0 Å². The summed E-state index contributed by atoms with van der Waals surface area (Å²) in [6.45, 7) is -0.103. The maximum absolute atomic E-state index is 12.7. The minimum atomic E-state index is -5.61. The van der Waals surface area contributed by atoms with E-state index in [1.165, 1.54) is 20.0 Å². The van der Waals surface area contributed by atoms with Crippen LogP contribution in [0.25, 0.3) is 11.2 Å². The molecule has 0 aliphatic carbocycles. The van der Waals surface area contributed by atoms with Gasteiger partial charge in [-0.2, -0.15) is 4.31 Å². The Balaban J connectivity index is 1.20. The van der Waals surface area contributed by atoms with Gasteiger partial charge in [-0.3, -0.25) is 46.9 Å². The number of fused-ring (bicyclic) bond motifs is 1. The number of thioether (sulfide) groups is 1. The molecule has 34 heteroatoms. The van der Waals surface area contributed by atoms with Crippen molar-refractivity contribution in [2.24, 2.45) is 11.1 Å². The van der Waals surface area contributed by atoms with Crippen molar-refractivity contribution in [1.82, 2.24) is 39.7 Å². The molecule has 29 nitrogen and oxygen atoms in total. The zero-order chi connectivity index (χ0) is 46.4. The summed E-state index contributed by atoms with van der Waals surface area (Å²) in [5.74, 6) is -1.53. The molecule has 4 heterocycles. The van der Waals surface area contributed by atoms with Gasteiger partial charge in [-0.15, -0.1) is 0 Å². The number of aromatic nitrogens is 6. The van der Waals surface area contributed by atoms with Crippen LogP contribution in [0.2, 0.25) is 0 Å². The minimum absolute atomic E-state index is 0.0146. The third-order valence-electron chi connectivity index (χ3n) is 8.41. The van der Waals surface area contributed by atoms with Gasteiger partial charge in [0.15, 0.2) is 17.7 Å². The summed E-state index contributed by atoms with van der Waals surface area (Å²) in [7, 11) is -16.5. The van der Waals surface area contributed by atoms with Crippen molar-refractivity contribution in [2.45, 2.75) is 63.5 Å². The number of amides is 2. The van der Waals surface area contributed by atoms with E-state index in [9.17, 15) is 67.5 Å². The molecule has 1 fully saturated rings. The average molecular weight is 1070 g/mol. The molecule has 0 spiro atoms. The number of rotatable bonds is 22. The number of nitrogen functional groups attached to an aromatic ring is 1. The van der Waals surface area contributed by atoms with Gasteiger partial charge >= 0.3 is 29.2 Å². The van der Waals surface area contributed by atoms with Gasteiger partial charge in [0.2, 0.25) is 16.9 Å². The van der Waals surface area contributed by atoms with Crippen LogP contribution < -0.4 is 33.3 Å². The largest absolute Gasteiger partial charge is 0.481 e. The lowest BCUT2D eigenvalue weighted by atomic mass is 9.87. The maximum Gasteiger partial charge on any atom is 0.481 e. The van der Waals surface area contributed by atoms with Gasteiger partial charge < -0.3 is 56.6 Å². The third kappa shape index (κ3) is 14.5. The normalized spacial score (nSPS) is 21.2. The van der Waals surface area contributed by atoms with E-state index in [1.807, 2.05) is 0 Å². The van der Waals surface area contributed by atoms with E-state index in [0.29, 0.717) is 0 Å². The highest BCUT2D eigenvalue weighted by Gasteiger charge is 2.50. The van der Waals surface area contributed by atoms with Crippen LogP contribution in [0.5, 0.6) is 0 Å². The highest BCUT2D eigenvalue weighted by Crippen LogP contribution is 2.61. The first-order chi connectivity index (χ1) is 28.7. The first-order valence-corrected chi connectivity index (χ1v) is 24.1. The molecule has 4 rings (SSSR count). The topological polar surface area (TPSA) is 445 Å². The summed E-state index contributed by atoms with van der Waals surface area (Å²) in [5.41, 5.74) is 8.73. The number of ether oxygens (including phenoxy) is 1. The zero-order valence-corrected chi connectivity index (χ0v) is 37.8. The number of halogens is 1. The number of phosphoric ester groups is 3. The molecule has 2 amide bonds. The van der Waals surface area contributed by atoms with Crippen molar-refractivity contribution in [3.05, 3.63) is 43.3 Å². The lowest BCUT2D eigenvalue weighted by Gasteiger charge is -2.30. The van der Waals surface area contributed by atoms with Gasteiger partial charge in [0.1, 0.15) is 36.3 Å². The third-order valence-corrected chi connectivity index (χ3v) is 13.3. The van der Waals surface area contributed by atoms with Crippen LogP contribution in [0.15, 0.2) is 28.4 Å². The number of aromatic amines is 1. The molecule has 0 radical (unpaired) electrons. The Morgan fingerprint density at radius 1 is 1.08 bits per heavy atom. The van der Waals surface area contributed by atoms with Gasteiger partial charge in [0.05, 0.1) is 35.7 Å². The molecule has 0 saturated carbocycles. The molecule has 8 unspecified atom stereocenters. The molecule has 1 aliphatic rings. The lowest BCUT2D eigenvalue weighted by molar-refractivity contribution is -0.137. The lowest BCUT2D eigenvalue weighted by Crippen LogP contribution is -2.46. The number of nitrogens with two attached hydrogens (primary N) is 2. The predicted octanol–water partition coefficient (Wildman–Crippen LogP) is -2.85. The summed E-state index contributed by atoms with van der Waals surface area (Å²) in [6.07, 6.45) is -5.92. The smallest absolute Gasteiger partial charge is 0.386 e. The molecule has 62 heavy (non-hydrogen) atoms. The second-order valence-corrected chi connectivity index (χ2v) is 20.2. The van der Waals surface area contributed by atoms with Crippen LogP contribution in [0.1, 0.15) is 26.5 Å². The fourth-order valence-electron chi connectivity index (χ4n) is 5.29. The Labute approximate surface area is 366 Å². The standard InChI is InChI=1S/C28H42IN10O19P3S/c1-28(2,20(42)24(44)33-4-3-16(40)32-5-6-62-26(45)14(30)8-38-7-13(29)23(43)37-27(38)46)10-55-61(52,53)58-60(50,51)54-9-15-19(57-59(47,48)49)18(41)25(56-15)39-12-36-17-21(31)34-11-35-22(17)39/h7,11-12,14-15,18-20,25,41-42H,3-6,8-10,30H2,1-2H3,(H,32,40)(H,33,44)(H,50,51)(H,52,53)(H2,31,34,35)(H,37,43,46)(H2,47,48,49). The van der Waals surface area contributed by atoms with Crippen LogP contribution >= 0.6 is 57.8 Å². The Kier molecular flexibility index (Phi) is 17.7. The number of H-pyrrole nitrogens is 1. The molecular formula is C28H42IN10O19P3S. The zero-order valence-electron chi connectivity index (χ0n) is 32.2. The Morgan fingerprint density at radius 3 is 2.44 bits per heavy atom. The first kappa shape index (κ1) is 51.6. The molecule has 13 N–H and O–H groups in total. The number of hydrogen-bond donors (Lipinski definition) is 11. The first-order valence-electron chi connectivity index (χ1n) is 17.5. The Hall–Kier alpha value is -3.07. The highest BCUT2D eigenvalue weighted by atomic mass is 127. The quantitative estimate of drug-likeness (QED) is 0.0274. The summed E-state index contributed by atoms with van der Waals surface area (Å²) in [6, 6.07) is -1.09. The van der Waals surface area contributed by atoms with E-state index in [4.69, 9.17) is 25.3 Å². The number of carbonyl (C=O) groups is 3. The number of phosphoric acid groups is 3.